The van der Waals surface area contributed by atoms with E-state index in [2.05, 4.69) is 16.3 Å². The fourth-order valence-corrected chi connectivity index (χ4v) is 4.38. The first-order chi connectivity index (χ1) is 15.7. The number of hydrogen-bond acceptors (Lipinski definition) is 5. The maximum absolute atomic E-state index is 12.9. The van der Waals surface area contributed by atoms with E-state index < -0.39 is 0 Å². The second kappa shape index (κ2) is 10.5. The summed E-state index contributed by atoms with van der Waals surface area (Å²) < 4.78 is 17.4. The van der Waals surface area contributed by atoms with E-state index in [0.29, 0.717) is 36.9 Å². The minimum absolute atomic E-state index is 0.0975. The molecule has 1 N–H and O–H groups in total. The van der Waals surface area contributed by atoms with E-state index in [9.17, 15) is 4.79 Å². The fraction of sp³-hybridized carbons (Fsp3) is 0.480. The van der Waals surface area contributed by atoms with E-state index in [4.69, 9.17) is 14.2 Å². The Morgan fingerprint density at radius 2 is 1.75 bits per heavy atom. The van der Waals surface area contributed by atoms with Gasteiger partial charge in [0.15, 0.2) is 11.5 Å². The molecule has 1 aliphatic heterocycles. The summed E-state index contributed by atoms with van der Waals surface area (Å²) in [7, 11) is 1.64. The lowest BCUT2D eigenvalue weighted by atomic mass is 10.2. The number of piperazine rings is 1. The van der Waals surface area contributed by atoms with Crippen molar-refractivity contribution in [3.8, 4) is 17.2 Å². The van der Waals surface area contributed by atoms with Crippen molar-refractivity contribution in [1.29, 1.82) is 0 Å². The van der Waals surface area contributed by atoms with Crippen molar-refractivity contribution >= 4 is 17.4 Å². The van der Waals surface area contributed by atoms with Crippen LogP contribution in [0.2, 0.25) is 0 Å². The molecule has 0 aromatic heterocycles. The summed E-state index contributed by atoms with van der Waals surface area (Å²) >= 11 is 0. The number of hydrogen-bond donors (Lipinski definition) is 1. The summed E-state index contributed by atoms with van der Waals surface area (Å²) in [6, 6.07) is 13.5. The first-order valence-electron chi connectivity index (χ1n) is 11.6. The molecule has 1 heterocycles. The standard InChI is InChI=1S/C25H33N3O4/c1-3-31-22-11-7-6-10-21(22)27-14-16-28(17-15-27)25(29)26-19-12-13-23(30-2)24(18-19)32-20-8-4-5-9-20/h6-7,10-13,18,20H,3-5,8-9,14-17H2,1-2H3,(H,26,29). The van der Waals surface area contributed by atoms with Gasteiger partial charge in [-0.05, 0) is 56.9 Å². The number of ether oxygens (including phenoxy) is 3. The molecule has 0 spiro atoms. The average Bonchev–Trinajstić information content (AvgIpc) is 3.33. The van der Waals surface area contributed by atoms with Gasteiger partial charge in [0, 0.05) is 37.9 Å². The van der Waals surface area contributed by atoms with Crippen molar-refractivity contribution in [1.82, 2.24) is 4.90 Å². The van der Waals surface area contributed by atoms with Crippen molar-refractivity contribution in [3.63, 3.8) is 0 Å². The lowest BCUT2D eigenvalue weighted by molar-refractivity contribution is 0.201. The molecule has 2 amide bonds. The van der Waals surface area contributed by atoms with Gasteiger partial charge in [-0.1, -0.05) is 12.1 Å². The third-order valence-electron chi connectivity index (χ3n) is 6.08. The van der Waals surface area contributed by atoms with Gasteiger partial charge in [-0.2, -0.15) is 0 Å². The Balaban J connectivity index is 1.36. The number of benzene rings is 2. The number of rotatable bonds is 7. The molecular weight excluding hydrogens is 406 g/mol. The second-order valence-electron chi connectivity index (χ2n) is 8.19. The van der Waals surface area contributed by atoms with Crippen LogP contribution in [-0.2, 0) is 0 Å². The SMILES string of the molecule is CCOc1ccccc1N1CCN(C(=O)Nc2ccc(OC)c(OC3CCCC3)c2)CC1. The zero-order valence-electron chi connectivity index (χ0n) is 19.0. The topological polar surface area (TPSA) is 63.3 Å². The minimum atomic E-state index is -0.0975. The maximum atomic E-state index is 12.9. The van der Waals surface area contributed by atoms with Gasteiger partial charge in [0.25, 0.3) is 0 Å². The van der Waals surface area contributed by atoms with Crippen molar-refractivity contribution in [3.05, 3.63) is 42.5 Å². The lowest BCUT2D eigenvalue weighted by Crippen LogP contribution is -2.50. The number of carbonyl (C=O) groups is 1. The van der Waals surface area contributed by atoms with Crippen molar-refractivity contribution < 1.29 is 19.0 Å². The predicted octanol–water partition coefficient (Wildman–Crippen LogP) is 4.77. The van der Waals surface area contributed by atoms with Crippen LogP contribution in [0.4, 0.5) is 16.2 Å². The summed E-state index contributed by atoms with van der Waals surface area (Å²) in [5.74, 6) is 2.27. The first-order valence-corrected chi connectivity index (χ1v) is 11.6. The Bertz CT molecular complexity index is 906. The number of carbonyl (C=O) groups excluding carboxylic acids is 1. The lowest BCUT2D eigenvalue weighted by Gasteiger charge is -2.36. The van der Waals surface area contributed by atoms with E-state index in [0.717, 1.165) is 37.4 Å². The Morgan fingerprint density at radius 1 is 1.00 bits per heavy atom. The summed E-state index contributed by atoms with van der Waals surface area (Å²) in [5, 5.41) is 3.02. The van der Waals surface area contributed by atoms with Crippen molar-refractivity contribution in [2.75, 3.05) is 50.1 Å². The number of methoxy groups -OCH3 is 1. The van der Waals surface area contributed by atoms with Gasteiger partial charge in [-0.15, -0.1) is 0 Å². The molecule has 1 saturated heterocycles. The number of nitrogens with one attached hydrogen (secondary N) is 1. The van der Waals surface area contributed by atoms with Crippen LogP contribution in [0.25, 0.3) is 0 Å². The third-order valence-corrected chi connectivity index (χ3v) is 6.08. The first kappa shape index (κ1) is 22.1. The van der Waals surface area contributed by atoms with Gasteiger partial charge in [-0.3, -0.25) is 0 Å². The number of nitrogens with zero attached hydrogens (tertiary/aromatic N) is 2. The molecule has 2 aromatic carbocycles. The molecule has 2 fully saturated rings. The van der Waals surface area contributed by atoms with Gasteiger partial charge in [0.2, 0.25) is 0 Å². The molecule has 1 aliphatic carbocycles. The Labute approximate surface area is 190 Å². The molecule has 1 saturated carbocycles. The Hall–Kier alpha value is -3.09. The molecular formula is C25H33N3O4. The highest BCUT2D eigenvalue weighted by molar-refractivity contribution is 5.90. The molecule has 4 rings (SSSR count). The van der Waals surface area contributed by atoms with Crippen LogP contribution >= 0.6 is 0 Å². The summed E-state index contributed by atoms with van der Waals surface area (Å²) in [6.07, 6.45) is 4.75. The van der Waals surface area contributed by atoms with E-state index in [1.54, 1.807) is 7.11 Å². The minimum Gasteiger partial charge on any atom is -0.493 e. The summed E-state index contributed by atoms with van der Waals surface area (Å²) in [4.78, 5) is 17.0. The summed E-state index contributed by atoms with van der Waals surface area (Å²) in [6.45, 7) is 5.43. The number of amides is 2. The zero-order chi connectivity index (χ0) is 22.3. The number of urea groups is 1. The highest BCUT2D eigenvalue weighted by Gasteiger charge is 2.24. The van der Waals surface area contributed by atoms with Crippen LogP contribution in [0.5, 0.6) is 17.2 Å². The largest absolute Gasteiger partial charge is 0.493 e. The molecule has 2 aromatic rings. The van der Waals surface area contributed by atoms with Crippen LogP contribution in [0.15, 0.2) is 42.5 Å². The molecule has 0 bridgehead atoms. The van der Waals surface area contributed by atoms with E-state index >= 15 is 0 Å². The maximum Gasteiger partial charge on any atom is 0.321 e. The van der Waals surface area contributed by atoms with E-state index in [1.165, 1.54) is 12.8 Å². The number of anilines is 2. The predicted molar refractivity (Wildman–Crippen MR) is 126 cm³/mol. The zero-order valence-corrected chi connectivity index (χ0v) is 19.0. The third kappa shape index (κ3) is 5.21. The quantitative estimate of drug-likeness (QED) is 0.673. The van der Waals surface area contributed by atoms with Crippen molar-refractivity contribution in [2.45, 2.75) is 38.7 Å². The molecule has 32 heavy (non-hydrogen) atoms. The molecule has 2 aliphatic rings. The van der Waals surface area contributed by atoms with Crippen LogP contribution < -0.4 is 24.4 Å². The van der Waals surface area contributed by atoms with E-state index in [1.807, 2.05) is 48.2 Å². The smallest absolute Gasteiger partial charge is 0.321 e. The molecule has 0 radical (unpaired) electrons. The molecule has 0 unspecified atom stereocenters. The Morgan fingerprint density at radius 3 is 2.47 bits per heavy atom. The van der Waals surface area contributed by atoms with Crippen LogP contribution in [0, 0.1) is 0 Å². The highest BCUT2D eigenvalue weighted by Crippen LogP contribution is 2.34. The van der Waals surface area contributed by atoms with Crippen LogP contribution in [0.1, 0.15) is 32.6 Å². The van der Waals surface area contributed by atoms with Gasteiger partial charge < -0.3 is 29.3 Å². The monoisotopic (exact) mass is 439 g/mol. The van der Waals surface area contributed by atoms with Crippen LogP contribution in [-0.4, -0.2) is 56.9 Å². The van der Waals surface area contributed by atoms with E-state index in [-0.39, 0.29) is 12.1 Å². The Kier molecular flexibility index (Phi) is 7.24. The highest BCUT2D eigenvalue weighted by atomic mass is 16.5. The average molecular weight is 440 g/mol. The number of para-hydroxylation sites is 2. The second-order valence-corrected chi connectivity index (χ2v) is 8.19. The normalized spacial score (nSPS) is 16.7. The van der Waals surface area contributed by atoms with Gasteiger partial charge >= 0.3 is 6.03 Å². The van der Waals surface area contributed by atoms with Crippen LogP contribution in [0.3, 0.4) is 0 Å². The molecule has 172 valence electrons. The van der Waals surface area contributed by atoms with Gasteiger partial charge in [0.05, 0.1) is 25.5 Å². The van der Waals surface area contributed by atoms with Gasteiger partial charge in [-0.25, -0.2) is 4.79 Å². The molecule has 7 heteroatoms. The van der Waals surface area contributed by atoms with Gasteiger partial charge in [0.1, 0.15) is 5.75 Å². The summed E-state index contributed by atoms with van der Waals surface area (Å²) in [5.41, 5.74) is 1.80. The van der Waals surface area contributed by atoms with Crippen molar-refractivity contribution in [2.24, 2.45) is 0 Å². The molecule has 0 atom stereocenters. The molecule has 7 nitrogen and oxygen atoms in total. The fourth-order valence-electron chi connectivity index (χ4n) is 4.38.